The largest absolute Gasteiger partial charge is 0.345 e. The number of likely N-dealkylation sites (tertiary alicyclic amines) is 1. The normalized spacial score (nSPS) is 20.3. The Hall–Kier alpha value is -1.36. The molecule has 1 fully saturated rings. The van der Waals surface area contributed by atoms with Crippen LogP contribution in [0.2, 0.25) is 0 Å². The van der Waals surface area contributed by atoms with Gasteiger partial charge in [0.2, 0.25) is 5.91 Å². The van der Waals surface area contributed by atoms with Gasteiger partial charge in [-0.3, -0.25) is 9.48 Å². The van der Waals surface area contributed by atoms with Crippen LogP contribution in [0, 0.1) is 5.92 Å². The Kier molecular flexibility index (Phi) is 4.58. The highest BCUT2D eigenvalue weighted by molar-refractivity contribution is 5.76. The summed E-state index contributed by atoms with van der Waals surface area (Å²) in [6.07, 6.45) is 5.76. The van der Waals surface area contributed by atoms with Gasteiger partial charge in [-0.15, -0.1) is 0 Å². The molecule has 1 amide bonds. The molecule has 1 saturated heterocycles. The van der Waals surface area contributed by atoms with Crippen molar-refractivity contribution in [3.63, 3.8) is 0 Å². The Morgan fingerprint density at radius 1 is 1.53 bits per heavy atom. The van der Waals surface area contributed by atoms with Crippen molar-refractivity contribution >= 4 is 5.91 Å². The van der Waals surface area contributed by atoms with E-state index in [4.69, 9.17) is 0 Å². The number of piperidine rings is 1. The number of carbonyl (C=O) groups excluding carboxylic acids is 1. The topological polar surface area (TPSA) is 41.4 Å². The molecule has 0 N–H and O–H groups in total. The van der Waals surface area contributed by atoms with Gasteiger partial charge in [0.1, 0.15) is 0 Å². The second kappa shape index (κ2) is 6.19. The number of hydrogen-bond donors (Lipinski definition) is 0. The molecule has 0 aliphatic carbocycles. The molecule has 0 aromatic carbocycles. The van der Waals surface area contributed by atoms with Crippen LogP contribution in [-0.4, -0.2) is 52.7 Å². The lowest BCUT2D eigenvalue weighted by atomic mass is 9.97. The summed E-state index contributed by atoms with van der Waals surface area (Å²) in [5, 5.41) is 4.29. The van der Waals surface area contributed by atoms with Gasteiger partial charge < -0.3 is 9.80 Å². The van der Waals surface area contributed by atoms with Crippen LogP contribution in [0.1, 0.15) is 25.3 Å². The van der Waals surface area contributed by atoms with Crippen molar-refractivity contribution in [2.24, 2.45) is 5.92 Å². The number of rotatable bonds is 5. The van der Waals surface area contributed by atoms with Crippen LogP contribution < -0.4 is 0 Å². The summed E-state index contributed by atoms with van der Waals surface area (Å²) >= 11 is 0. The minimum absolute atomic E-state index is 0.281. The van der Waals surface area contributed by atoms with E-state index in [0.29, 0.717) is 12.3 Å². The number of hydrogen-bond acceptors (Lipinski definition) is 3. The van der Waals surface area contributed by atoms with Crippen LogP contribution in [0.3, 0.4) is 0 Å². The van der Waals surface area contributed by atoms with Crippen LogP contribution in [0.4, 0.5) is 0 Å². The van der Waals surface area contributed by atoms with Crippen molar-refractivity contribution in [2.75, 3.05) is 27.2 Å². The Morgan fingerprint density at radius 3 is 2.95 bits per heavy atom. The summed E-state index contributed by atoms with van der Waals surface area (Å²) in [7, 11) is 4.04. The fraction of sp³-hybridized carbons (Fsp3) is 0.714. The van der Waals surface area contributed by atoms with E-state index in [0.717, 1.165) is 32.6 Å². The van der Waals surface area contributed by atoms with Gasteiger partial charge in [-0.25, -0.2) is 0 Å². The predicted molar refractivity (Wildman–Crippen MR) is 74.6 cm³/mol. The third-order valence-corrected chi connectivity index (χ3v) is 3.76. The quantitative estimate of drug-likeness (QED) is 0.802. The summed E-state index contributed by atoms with van der Waals surface area (Å²) in [5.74, 6) is 0.872. The average molecular weight is 264 g/mol. The van der Waals surface area contributed by atoms with Crippen molar-refractivity contribution in [2.45, 2.75) is 32.9 Å². The maximum absolute atomic E-state index is 11.5. The van der Waals surface area contributed by atoms with Crippen LogP contribution in [0.25, 0.3) is 0 Å². The lowest BCUT2D eigenvalue weighted by Gasteiger charge is -2.32. The molecule has 19 heavy (non-hydrogen) atoms. The summed E-state index contributed by atoms with van der Waals surface area (Å²) < 4.78 is 1.95. The van der Waals surface area contributed by atoms with E-state index in [9.17, 15) is 4.79 Å². The van der Waals surface area contributed by atoms with E-state index in [1.165, 1.54) is 5.56 Å². The van der Waals surface area contributed by atoms with Crippen LogP contribution in [0.15, 0.2) is 12.4 Å². The molecule has 1 aliphatic rings. The van der Waals surface area contributed by atoms with Gasteiger partial charge in [-0.2, -0.15) is 5.10 Å². The predicted octanol–water partition coefficient (Wildman–Crippen LogP) is 1.20. The smallest absolute Gasteiger partial charge is 0.222 e. The van der Waals surface area contributed by atoms with E-state index >= 15 is 0 Å². The molecule has 1 aromatic rings. The second-order valence-corrected chi connectivity index (χ2v) is 5.58. The van der Waals surface area contributed by atoms with Crippen molar-refractivity contribution in [1.82, 2.24) is 19.6 Å². The van der Waals surface area contributed by atoms with Gasteiger partial charge in [-0.1, -0.05) is 0 Å². The minimum atomic E-state index is 0.281. The van der Waals surface area contributed by atoms with Gasteiger partial charge in [0.15, 0.2) is 0 Å². The van der Waals surface area contributed by atoms with Crippen LogP contribution >= 0.6 is 0 Å². The highest BCUT2D eigenvalue weighted by atomic mass is 16.2. The number of aromatic nitrogens is 2. The molecule has 2 heterocycles. The molecular weight excluding hydrogens is 240 g/mol. The molecule has 5 nitrogen and oxygen atoms in total. The van der Waals surface area contributed by atoms with E-state index < -0.39 is 0 Å². The van der Waals surface area contributed by atoms with E-state index in [1.807, 2.05) is 22.8 Å². The number of aryl methyl sites for hydroxylation is 1. The Bertz CT molecular complexity index is 429. The first-order valence-electron chi connectivity index (χ1n) is 7.02. The summed E-state index contributed by atoms with van der Waals surface area (Å²) in [4.78, 5) is 15.6. The van der Waals surface area contributed by atoms with Gasteiger partial charge in [0.05, 0.1) is 6.20 Å². The molecule has 1 aromatic heterocycles. The molecular formula is C14H24N4O. The van der Waals surface area contributed by atoms with Gasteiger partial charge in [0.25, 0.3) is 0 Å². The third kappa shape index (κ3) is 3.80. The molecule has 1 atom stereocenters. The fourth-order valence-electron chi connectivity index (χ4n) is 2.73. The first-order chi connectivity index (χ1) is 9.08. The summed E-state index contributed by atoms with van der Waals surface area (Å²) in [5.41, 5.74) is 1.25. The number of amides is 1. The number of carbonyl (C=O) groups is 1. The molecule has 0 saturated carbocycles. The lowest BCUT2D eigenvalue weighted by Crippen LogP contribution is -2.41. The van der Waals surface area contributed by atoms with E-state index in [-0.39, 0.29) is 5.91 Å². The zero-order valence-electron chi connectivity index (χ0n) is 12.2. The second-order valence-electron chi connectivity index (χ2n) is 5.58. The molecule has 0 radical (unpaired) electrons. The summed E-state index contributed by atoms with van der Waals surface area (Å²) in [6.45, 7) is 5.86. The average Bonchev–Trinajstić information content (AvgIpc) is 2.81. The maximum atomic E-state index is 11.5. The molecule has 106 valence electrons. The Balaban J connectivity index is 1.80. The van der Waals surface area contributed by atoms with Gasteiger partial charge in [0, 0.05) is 51.4 Å². The maximum Gasteiger partial charge on any atom is 0.222 e. The van der Waals surface area contributed by atoms with Crippen LogP contribution in [0.5, 0.6) is 0 Å². The van der Waals surface area contributed by atoms with E-state index in [1.54, 1.807) is 0 Å². The first-order valence-corrected chi connectivity index (χ1v) is 7.02. The highest BCUT2D eigenvalue weighted by Crippen LogP contribution is 2.17. The fourth-order valence-corrected chi connectivity index (χ4v) is 2.73. The zero-order valence-corrected chi connectivity index (χ0v) is 12.2. The molecule has 0 spiro atoms. The van der Waals surface area contributed by atoms with Crippen LogP contribution in [-0.2, 0) is 17.9 Å². The van der Waals surface area contributed by atoms with E-state index in [2.05, 4.69) is 30.2 Å². The zero-order chi connectivity index (χ0) is 13.8. The number of nitrogens with zero attached hydrogens (tertiary/aromatic N) is 4. The molecule has 1 aliphatic heterocycles. The van der Waals surface area contributed by atoms with Crippen molar-refractivity contribution in [1.29, 1.82) is 0 Å². The van der Waals surface area contributed by atoms with Crippen molar-refractivity contribution < 1.29 is 4.79 Å². The Morgan fingerprint density at radius 2 is 2.32 bits per heavy atom. The third-order valence-electron chi connectivity index (χ3n) is 3.76. The monoisotopic (exact) mass is 264 g/mol. The van der Waals surface area contributed by atoms with Gasteiger partial charge >= 0.3 is 0 Å². The first kappa shape index (κ1) is 14.1. The Labute approximate surface area is 115 Å². The van der Waals surface area contributed by atoms with Gasteiger partial charge in [-0.05, 0) is 26.3 Å². The molecule has 1 unspecified atom stereocenters. The molecule has 2 rings (SSSR count). The lowest BCUT2D eigenvalue weighted by molar-refractivity contribution is -0.133. The molecule has 0 bridgehead atoms. The van der Waals surface area contributed by atoms with Crippen molar-refractivity contribution in [3.05, 3.63) is 18.0 Å². The highest BCUT2D eigenvalue weighted by Gasteiger charge is 2.23. The minimum Gasteiger partial charge on any atom is -0.345 e. The standard InChI is InChI=1S/C14H24N4O/c1-4-18-11-13(7-15-18)9-16(2)8-12-5-6-14(19)17(3)10-12/h7,11-12H,4-6,8-10H2,1-3H3. The molecule has 5 heteroatoms. The van der Waals surface area contributed by atoms with Crippen molar-refractivity contribution in [3.8, 4) is 0 Å². The summed E-state index contributed by atoms with van der Waals surface area (Å²) in [6, 6.07) is 0. The SMILES string of the molecule is CCn1cc(CN(C)CC2CCC(=O)N(C)C2)cn1.